The third-order valence-electron chi connectivity index (χ3n) is 5.98. The Morgan fingerprint density at radius 3 is 2.30 bits per heavy atom. The van der Waals surface area contributed by atoms with Crippen molar-refractivity contribution >= 4 is 29.3 Å². The standard InChI is InChI=1S/C24H27FN2O2S/c25-19-11-9-18(10-12-19)24(29)27-15-13-17(14-16-27)23(28)26-21-7-3-4-8-22(21)30-20-5-1-2-6-20/h3-4,7-12,17,20H,1-2,5-6,13-16H2,(H,26,28). The summed E-state index contributed by atoms with van der Waals surface area (Å²) in [5.41, 5.74) is 1.38. The molecule has 1 aliphatic carbocycles. The Morgan fingerprint density at radius 2 is 1.60 bits per heavy atom. The second-order valence-electron chi connectivity index (χ2n) is 8.08. The van der Waals surface area contributed by atoms with Gasteiger partial charge in [-0.05, 0) is 62.1 Å². The Morgan fingerprint density at radius 1 is 0.933 bits per heavy atom. The zero-order valence-corrected chi connectivity index (χ0v) is 17.8. The first kappa shape index (κ1) is 20.9. The van der Waals surface area contributed by atoms with Crippen LogP contribution in [0, 0.1) is 11.7 Å². The molecule has 2 aromatic rings. The van der Waals surface area contributed by atoms with Crippen molar-refractivity contribution in [2.75, 3.05) is 18.4 Å². The number of amides is 2. The van der Waals surface area contributed by atoms with Gasteiger partial charge in [0, 0.05) is 34.7 Å². The van der Waals surface area contributed by atoms with Crippen LogP contribution in [0.5, 0.6) is 0 Å². The summed E-state index contributed by atoms with van der Waals surface area (Å²) in [5.74, 6) is -0.532. The number of anilines is 1. The Hall–Kier alpha value is -2.34. The Bertz CT molecular complexity index is 888. The molecule has 2 aliphatic rings. The van der Waals surface area contributed by atoms with Gasteiger partial charge in [-0.25, -0.2) is 4.39 Å². The highest BCUT2D eigenvalue weighted by Gasteiger charge is 2.28. The van der Waals surface area contributed by atoms with Gasteiger partial charge >= 0.3 is 0 Å². The molecule has 1 saturated heterocycles. The molecule has 2 fully saturated rings. The van der Waals surface area contributed by atoms with Gasteiger partial charge in [-0.3, -0.25) is 9.59 Å². The molecule has 2 amide bonds. The molecule has 1 aliphatic heterocycles. The lowest BCUT2D eigenvalue weighted by atomic mass is 9.95. The quantitative estimate of drug-likeness (QED) is 0.701. The Balaban J connectivity index is 1.32. The molecule has 4 rings (SSSR count). The molecule has 1 heterocycles. The van der Waals surface area contributed by atoms with Crippen LogP contribution >= 0.6 is 11.8 Å². The topological polar surface area (TPSA) is 49.4 Å². The van der Waals surface area contributed by atoms with E-state index in [0.29, 0.717) is 36.7 Å². The lowest BCUT2D eigenvalue weighted by Crippen LogP contribution is -2.41. The average molecular weight is 427 g/mol. The second-order valence-corrected chi connectivity index (χ2v) is 9.43. The first-order valence-corrected chi connectivity index (χ1v) is 11.6. The molecule has 30 heavy (non-hydrogen) atoms. The van der Waals surface area contributed by atoms with Crippen LogP contribution in [0.3, 0.4) is 0 Å². The molecule has 1 N–H and O–H groups in total. The number of nitrogens with zero attached hydrogens (tertiary/aromatic N) is 1. The monoisotopic (exact) mass is 426 g/mol. The zero-order valence-electron chi connectivity index (χ0n) is 17.0. The van der Waals surface area contributed by atoms with Crippen molar-refractivity contribution < 1.29 is 14.0 Å². The fraction of sp³-hybridized carbons (Fsp3) is 0.417. The molecule has 6 heteroatoms. The number of hydrogen-bond acceptors (Lipinski definition) is 3. The summed E-state index contributed by atoms with van der Waals surface area (Å²) in [5, 5.41) is 3.77. The zero-order chi connectivity index (χ0) is 20.9. The number of likely N-dealkylation sites (tertiary alicyclic amines) is 1. The summed E-state index contributed by atoms with van der Waals surface area (Å²) < 4.78 is 13.1. The fourth-order valence-corrected chi connectivity index (χ4v) is 5.54. The summed E-state index contributed by atoms with van der Waals surface area (Å²) in [7, 11) is 0. The Kier molecular flexibility index (Phi) is 6.72. The minimum atomic E-state index is -0.353. The van der Waals surface area contributed by atoms with E-state index in [1.165, 1.54) is 49.9 Å². The summed E-state index contributed by atoms with van der Waals surface area (Å²) in [6.45, 7) is 1.07. The third kappa shape index (κ3) is 5.04. The van der Waals surface area contributed by atoms with Crippen LogP contribution in [-0.4, -0.2) is 35.1 Å². The van der Waals surface area contributed by atoms with Crippen LogP contribution in [0.15, 0.2) is 53.4 Å². The van der Waals surface area contributed by atoms with Crippen molar-refractivity contribution in [2.24, 2.45) is 5.92 Å². The minimum Gasteiger partial charge on any atom is -0.339 e. The van der Waals surface area contributed by atoms with Crippen LogP contribution in [0.4, 0.5) is 10.1 Å². The van der Waals surface area contributed by atoms with E-state index in [-0.39, 0.29) is 23.5 Å². The van der Waals surface area contributed by atoms with Gasteiger partial charge in [-0.2, -0.15) is 0 Å². The number of carbonyl (C=O) groups is 2. The molecule has 0 atom stereocenters. The van der Waals surface area contributed by atoms with Crippen molar-refractivity contribution in [1.82, 2.24) is 4.90 Å². The van der Waals surface area contributed by atoms with E-state index in [9.17, 15) is 14.0 Å². The lowest BCUT2D eigenvalue weighted by molar-refractivity contribution is -0.121. The lowest BCUT2D eigenvalue weighted by Gasteiger charge is -2.31. The predicted octanol–water partition coefficient (Wildman–Crippen LogP) is 5.35. The number of para-hydroxylation sites is 1. The van der Waals surface area contributed by atoms with Crippen LogP contribution < -0.4 is 5.32 Å². The maximum atomic E-state index is 13.1. The number of carbonyl (C=O) groups excluding carboxylic acids is 2. The van der Waals surface area contributed by atoms with Crippen molar-refractivity contribution in [3.8, 4) is 0 Å². The smallest absolute Gasteiger partial charge is 0.253 e. The molecule has 0 radical (unpaired) electrons. The van der Waals surface area contributed by atoms with Gasteiger partial charge in [0.2, 0.25) is 5.91 Å². The number of piperidine rings is 1. The normalized spacial score (nSPS) is 17.8. The van der Waals surface area contributed by atoms with E-state index < -0.39 is 0 Å². The predicted molar refractivity (Wildman–Crippen MR) is 118 cm³/mol. The van der Waals surface area contributed by atoms with Crippen molar-refractivity contribution in [3.63, 3.8) is 0 Å². The van der Waals surface area contributed by atoms with E-state index in [2.05, 4.69) is 11.4 Å². The van der Waals surface area contributed by atoms with Crippen LogP contribution in [0.2, 0.25) is 0 Å². The molecule has 158 valence electrons. The SMILES string of the molecule is O=C(Nc1ccccc1SC1CCCC1)C1CCN(C(=O)c2ccc(F)cc2)CC1. The number of nitrogens with one attached hydrogen (secondary N) is 1. The largest absolute Gasteiger partial charge is 0.339 e. The first-order chi connectivity index (χ1) is 14.6. The van der Waals surface area contributed by atoms with Gasteiger partial charge in [-0.1, -0.05) is 25.0 Å². The molecule has 0 unspecified atom stereocenters. The number of thioether (sulfide) groups is 1. The average Bonchev–Trinajstić information content (AvgIpc) is 3.28. The second kappa shape index (κ2) is 9.65. The molecule has 4 nitrogen and oxygen atoms in total. The van der Waals surface area contributed by atoms with Crippen LogP contribution in [0.25, 0.3) is 0 Å². The summed E-state index contributed by atoms with van der Waals surface area (Å²) in [4.78, 5) is 28.4. The van der Waals surface area contributed by atoms with E-state index in [1.807, 2.05) is 30.0 Å². The van der Waals surface area contributed by atoms with E-state index >= 15 is 0 Å². The van der Waals surface area contributed by atoms with Gasteiger partial charge in [0.05, 0.1) is 5.69 Å². The highest BCUT2D eigenvalue weighted by Crippen LogP contribution is 2.38. The summed E-state index contributed by atoms with van der Waals surface area (Å²) in [6.07, 6.45) is 6.34. The highest BCUT2D eigenvalue weighted by molar-refractivity contribution is 8.00. The van der Waals surface area contributed by atoms with Gasteiger partial charge in [0.1, 0.15) is 5.82 Å². The molecule has 1 saturated carbocycles. The van der Waals surface area contributed by atoms with Crippen molar-refractivity contribution in [2.45, 2.75) is 48.7 Å². The number of halogens is 1. The summed E-state index contributed by atoms with van der Waals surface area (Å²) in [6, 6.07) is 13.7. The molecular formula is C24H27FN2O2S. The Labute approximate surface area is 181 Å². The van der Waals surface area contributed by atoms with Gasteiger partial charge in [0.25, 0.3) is 5.91 Å². The maximum absolute atomic E-state index is 13.1. The van der Waals surface area contributed by atoms with Crippen LogP contribution in [0.1, 0.15) is 48.9 Å². The van der Waals surface area contributed by atoms with Crippen LogP contribution in [-0.2, 0) is 4.79 Å². The van der Waals surface area contributed by atoms with E-state index in [0.717, 1.165) is 10.6 Å². The van der Waals surface area contributed by atoms with E-state index in [1.54, 1.807) is 4.90 Å². The molecule has 0 spiro atoms. The molecule has 0 aromatic heterocycles. The van der Waals surface area contributed by atoms with Gasteiger partial charge in [0.15, 0.2) is 0 Å². The first-order valence-electron chi connectivity index (χ1n) is 10.7. The molecular weight excluding hydrogens is 399 g/mol. The van der Waals surface area contributed by atoms with Crippen molar-refractivity contribution in [3.05, 3.63) is 59.9 Å². The summed E-state index contributed by atoms with van der Waals surface area (Å²) >= 11 is 1.88. The third-order valence-corrected chi connectivity index (χ3v) is 7.40. The maximum Gasteiger partial charge on any atom is 0.253 e. The number of benzene rings is 2. The fourth-order valence-electron chi connectivity index (χ4n) is 4.21. The van der Waals surface area contributed by atoms with E-state index in [4.69, 9.17) is 0 Å². The molecule has 0 bridgehead atoms. The van der Waals surface area contributed by atoms with Gasteiger partial charge < -0.3 is 10.2 Å². The number of rotatable bonds is 5. The van der Waals surface area contributed by atoms with Crippen molar-refractivity contribution in [1.29, 1.82) is 0 Å². The minimum absolute atomic E-state index is 0.0309. The highest BCUT2D eigenvalue weighted by atomic mass is 32.2. The van der Waals surface area contributed by atoms with Gasteiger partial charge in [-0.15, -0.1) is 11.8 Å². The number of hydrogen-bond donors (Lipinski definition) is 1. The molecule has 2 aromatic carbocycles.